The number of aliphatic hydroxyl groups excluding tert-OH is 1. The maximum absolute atomic E-state index is 9.54. The number of halogens is 1. The molecule has 3 heteroatoms. The molecule has 1 aromatic rings. The van der Waals surface area contributed by atoms with Crippen LogP contribution in [0.15, 0.2) is 18.2 Å². The van der Waals surface area contributed by atoms with Crippen LogP contribution in [-0.2, 0) is 0 Å². The normalized spacial score (nSPS) is 25.1. The molecule has 1 fully saturated rings. The Labute approximate surface area is 120 Å². The van der Waals surface area contributed by atoms with E-state index in [1.54, 1.807) is 13.0 Å². The van der Waals surface area contributed by atoms with Crippen molar-refractivity contribution in [2.45, 2.75) is 58.2 Å². The number of ether oxygens (including phenoxy) is 1. The van der Waals surface area contributed by atoms with Crippen molar-refractivity contribution in [2.75, 3.05) is 0 Å². The molecule has 1 saturated carbocycles. The fourth-order valence-electron chi connectivity index (χ4n) is 2.83. The third-order valence-corrected chi connectivity index (χ3v) is 4.38. The fraction of sp³-hybridized carbons (Fsp3) is 0.625. The summed E-state index contributed by atoms with van der Waals surface area (Å²) in [5, 5.41) is 10.1. The lowest BCUT2D eigenvalue weighted by Crippen LogP contribution is -2.30. The van der Waals surface area contributed by atoms with Gasteiger partial charge in [0.1, 0.15) is 11.9 Å². The maximum Gasteiger partial charge on any atom is 0.138 e. The molecular formula is C16H23ClO2. The van der Waals surface area contributed by atoms with Gasteiger partial charge in [0, 0.05) is 0 Å². The molecule has 0 amide bonds. The molecule has 0 heterocycles. The fourth-order valence-corrected chi connectivity index (χ4v) is 3.06. The molecule has 0 aliphatic heterocycles. The third kappa shape index (κ3) is 3.64. The average molecular weight is 283 g/mol. The summed E-state index contributed by atoms with van der Waals surface area (Å²) in [6.07, 6.45) is 5.88. The van der Waals surface area contributed by atoms with Crippen LogP contribution in [0.4, 0.5) is 0 Å². The van der Waals surface area contributed by atoms with Crippen molar-refractivity contribution in [3.63, 3.8) is 0 Å². The van der Waals surface area contributed by atoms with Crippen molar-refractivity contribution in [1.82, 2.24) is 0 Å². The summed E-state index contributed by atoms with van der Waals surface area (Å²) in [4.78, 5) is 0. The van der Waals surface area contributed by atoms with Crippen LogP contribution in [0.3, 0.4) is 0 Å². The van der Waals surface area contributed by atoms with Crippen molar-refractivity contribution in [3.8, 4) is 5.75 Å². The van der Waals surface area contributed by atoms with E-state index in [-0.39, 0.29) is 6.10 Å². The van der Waals surface area contributed by atoms with Gasteiger partial charge in [-0.15, -0.1) is 0 Å². The Morgan fingerprint density at radius 2 is 2.11 bits per heavy atom. The van der Waals surface area contributed by atoms with Gasteiger partial charge >= 0.3 is 0 Å². The van der Waals surface area contributed by atoms with Crippen LogP contribution >= 0.6 is 11.6 Å². The molecule has 0 bridgehead atoms. The molecule has 19 heavy (non-hydrogen) atoms. The van der Waals surface area contributed by atoms with Gasteiger partial charge in [-0.05, 0) is 56.2 Å². The Bertz CT molecular complexity index is 417. The first-order valence-electron chi connectivity index (χ1n) is 7.26. The third-order valence-electron chi connectivity index (χ3n) is 4.08. The summed E-state index contributed by atoms with van der Waals surface area (Å²) < 4.78 is 6.11. The molecule has 0 saturated heterocycles. The Morgan fingerprint density at radius 3 is 2.74 bits per heavy atom. The van der Waals surface area contributed by atoms with E-state index < -0.39 is 6.10 Å². The van der Waals surface area contributed by atoms with Gasteiger partial charge in [0.2, 0.25) is 0 Å². The molecule has 0 spiro atoms. The minimum Gasteiger partial charge on any atom is -0.489 e. The van der Waals surface area contributed by atoms with Crippen LogP contribution in [-0.4, -0.2) is 11.2 Å². The van der Waals surface area contributed by atoms with Crippen molar-refractivity contribution in [1.29, 1.82) is 0 Å². The predicted molar refractivity (Wildman–Crippen MR) is 78.8 cm³/mol. The summed E-state index contributed by atoms with van der Waals surface area (Å²) in [7, 11) is 0. The van der Waals surface area contributed by atoms with E-state index in [2.05, 4.69) is 6.92 Å². The highest BCUT2D eigenvalue weighted by molar-refractivity contribution is 6.32. The minimum atomic E-state index is -0.496. The highest BCUT2D eigenvalue weighted by Crippen LogP contribution is 2.34. The van der Waals surface area contributed by atoms with E-state index in [1.165, 1.54) is 19.3 Å². The average Bonchev–Trinajstić information content (AvgIpc) is 2.41. The van der Waals surface area contributed by atoms with Gasteiger partial charge in [-0.2, -0.15) is 0 Å². The second-order valence-electron chi connectivity index (χ2n) is 5.47. The van der Waals surface area contributed by atoms with Crippen molar-refractivity contribution in [3.05, 3.63) is 28.8 Å². The second kappa shape index (κ2) is 6.62. The quantitative estimate of drug-likeness (QED) is 0.864. The highest BCUT2D eigenvalue weighted by atomic mass is 35.5. The molecule has 3 unspecified atom stereocenters. The second-order valence-corrected chi connectivity index (χ2v) is 5.88. The summed E-state index contributed by atoms with van der Waals surface area (Å²) in [5.41, 5.74) is 0.827. The minimum absolute atomic E-state index is 0.286. The molecule has 0 aromatic heterocycles. The van der Waals surface area contributed by atoms with Gasteiger partial charge in [0.25, 0.3) is 0 Å². The van der Waals surface area contributed by atoms with Crippen LogP contribution in [0.5, 0.6) is 5.75 Å². The van der Waals surface area contributed by atoms with E-state index in [1.807, 2.05) is 12.1 Å². The van der Waals surface area contributed by atoms with Gasteiger partial charge in [-0.3, -0.25) is 0 Å². The lowest BCUT2D eigenvalue weighted by molar-refractivity contribution is 0.0904. The van der Waals surface area contributed by atoms with E-state index >= 15 is 0 Å². The number of benzene rings is 1. The van der Waals surface area contributed by atoms with Gasteiger partial charge in [0.05, 0.1) is 11.1 Å². The molecule has 1 aliphatic rings. The number of rotatable bonds is 4. The Hall–Kier alpha value is -0.730. The van der Waals surface area contributed by atoms with Crippen molar-refractivity contribution in [2.24, 2.45) is 5.92 Å². The summed E-state index contributed by atoms with van der Waals surface area (Å²) in [6, 6.07) is 5.56. The molecule has 2 rings (SSSR count). The van der Waals surface area contributed by atoms with Gasteiger partial charge < -0.3 is 9.84 Å². The zero-order valence-corrected chi connectivity index (χ0v) is 12.5. The molecule has 1 aromatic carbocycles. The molecule has 106 valence electrons. The zero-order chi connectivity index (χ0) is 13.8. The van der Waals surface area contributed by atoms with E-state index in [0.29, 0.717) is 10.9 Å². The smallest absolute Gasteiger partial charge is 0.138 e. The van der Waals surface area contributed by atoms with E-state index in [4.69, 9.17) is 16.3 Å². The first kappa shape index (κ1) is 14.7. The Kier molecular flexibility index (Phi) is 5.12. The number of hydrogen-bond donors (Lipinski definition) is 1. The lowest BCUT2D eigenvalue weighted by Gasteiger charge is -2.31. The summed E-state index contributed by atoms with van der Waals surface area (Å²) in [5.74, 6) is 1.39. The Morgan fingerprint density at radius 1 is 1.37 bits per heavy atom. The SMILES string of the molecule is CCC1CCCCC1Oc1ccc(C(C)O)cc1Cl. The van der Waals surface area contributed by atoms with Crippen LogP contribution in [0.2, 0.25) is 5.02 Å². The standard InChI is InChI=1S/C16H23ClO2/c1-3-12-6-4-5-7-15(12)19-16-9-8-13(11(2)18)10-14(16)17/h8-12,15,18H,3-7H2,1-2H3. The van der Waals surface area contributed by atoms with Crippen LogP contribution < -0.4 is 4.74 Å². The first-order chi connectivity index (χ1) is 9.11. The van der Waals surface area contributed by atoms with Crippen LogP contribution in [0.25, 0.3) is 0 Å². The van der Waals surface area contributed by atoms with Crippen LogP contribution in [0, 0.1) is 5.92 Å². The molecule has 1 N–H and O–H groups in total. The summed E-state index contributed by atoms with van der Waals surface area (Å²) in [6.45, 7) is 3.96. The molecule has 1 aliphatic carbocycles. The number of hydrogen-bond acceptors (Lipinski definition) is 2. The predicted octanol–water partition coefficient (Wildman–Crippen LogP) is 4.74. The number of aliphatic hydroxyl groups is 1. The molecular weight excluding hydrogens is 260 g/mol. The van der Waals surface area contributed by atoms with E-state index in [0.717, 1.165) is 24.2 Å². The summed E-state index contributed by atoms with van der Waals surface area (Å²) >= 11 is 6.25. The lowest BCUT2D eigenvalue weighted by atomic mass is 9.85. The maximum atomic E-state index is 9.54. The molecule has 0 radical (unpaired) electrons. The molecule has 2 nitrogen and oxygen atoms in total. The van der Waals surface area contributed by atoms with Gasteiger partial charge in [-0.25, -0.2) is 0 Å². The zero-order valence-electron chi connectivity index (χ0n) is 11.7. The largest absolute Gasteiger partial charge is 0.489 e. The van der Waals surface area contributed by atoms with Crippen molar-refractivity contribution < 1.29 is 9.84 Å². The van der Waals surface area contributed by atoms with Crippen molar-refractivity contribution >= 4 is 11.6 Å². The van der Waals surface area contributed by atoms with Crippen LogP contribution in [0.1, 0.15) is 57.6 Å². The van der Waals surface area contributed by atoms with E-state index in [9.17, 15) is 5.11 Å². The Balaban J connectivity index is 2.09. The van der Waals surface area contributed by atoms with Gasteiger partial charge in [0.15, 0.2) is 0 Å². The first-order valence-corrected chi connectivity index (χ1v) is 7.63. The monoisotopic (exact) mass is 282 g/mol. The van der Waals surface area contributed by atoms with Gasteiger partial charge in [-0.1, -0.05) is 31.0 Å². The molecule has 3 atom stereocenters. The highest BCUT2D eigenvalue weighted by Gasteiger charge is 2.25. The topological polar surface area (TPSA) is 29.5 Å².